The Hall–Kier alpha value is -2.07. The zero-order valence-corrected chi connectivity index (χ0v) is 14.1. The predicted octanol–water partition coefficient (Wildman–Crippen LogP) is 4.83. The minimum absolute atomic E-state index is 0.0130. The molecule has 0 saturated heterocycles. The van der Waals surface area contributed by atoms with Crippen molar-refractivity contribution in [3.63, 3.8) is 0 Å². The number of carbonyl (C=O) groups is 1. The number of allylic oxidation sites excluding steroid dienone is 1. The molecule has 2 aromatic rings. The van der Waals surface area contributed by atoms with Gasteiger partial charge in [-0.25, -0.2) is 0 Å². The Balaban J connectivity index is 1.88. The molecule has 23 heavy (non-hydrogen) atoms. The third-order valence-corrected chi connectivity index (χ3v) is 5.51. The average molecular weight is 324 g/mol. The predicted molar refractivity (Wildman–Crippen MR) is 95.7 cm³/mol. The number of thiophene rings is 1. The second-order valence-electron chi connectivity index (χ2n) is 7.02. The molecule has 1 aromatic heterocycles. The average Bonchev–Trinajstić information content (AvgIpc) is 2.95. The van der Waals surface area contributed by atoms with Gasteiger partial charge >= 0.3 is 0 Å². The van der Waals surface area contributed by atoms with Crippen LogP contribution in [0, 0.1) is 11.3 Å². The SMILES string of the molecule is CC1(C)C=C2Nc3ccccc3NC(c3cccs3)C2C(=O)C1. The van der Waals surface area contributed by atoms with Crippen molar-refractivity contribution in [2.75, 3.05) is 10.6 Å². The topological polar surface area (TPSA) is 41.1 Å². The Labute approximate surface area is 140 Å². The van der Waals surface area contributed by atoms with E-state index in [0.29, 0.717) is 12.2 Å². The highest BCUT2D eigenvalue weighted by atomic mass is 32.1. The van der Waals surface area contributed by atoms with E-state index in [1.807, 2.05) is 18.2 Å². The molecule has 2 unspecified atom stereocenters. The van der Waals surface area contributed by atoms with E-state index < -0.39 is 0 Å². The van der Waals surface area contributed by atoms with Crippen molar-refractivity contribution >= 4 is 28.5 Å². The molecule has 0 fully saturated rings. The van der Waals surface area contributed by atoms with Crippen molar-refractivity contribution in [3.05, 3.63) is 58.4 Å². The third kappa shape index (κ3) is 2.57. The molecule has 1 aliphatic carbocycles. The summed E-state index contributed by atoms with van der Waals surface area (Å²) in [4.78, 5) is 14.1. The first-order valence-electron chi connectivity index (χ1n) is 7.95. The van der Waals surface area contributed by atoms with Crippen LogP contribution < -0.4 is 10.6 Å². The molecule has 0 bridgehead atoms. The van der Waals surface area contributed by atoms with Gasteiger partial charge in [0.1, 0.15) is 5.78 Å². The molecule has 4 heteroatoms. The zero-order valence-electron chi connectivity index (χ0n) is 13.3. The van der Waals surface area contributed by atoms with E-state index in [-0.39, 0.29) is 17.4 Å². The fourth-order valence-corrected chi connectivity index (χ4v) is 4.41. The van der Waals surface area contributed by atoms with E-state index in [1.165, 1.54) is 4.88 Å². The van der Waals surface area contributed by atoms with Gasteiger partial charge < -0.3 is 10.6 Å². The summed E-state index contributed by atoms with van der Waals surface area (Å²) in [5.74, 6) is 0.146. The lowest BCUT2D eigenvalue weighted by Gasteiger charge is -2.35. The maximum Gasteiger partial charge on any atom is 0.145 e. The highest BCUT2D eigenvalue weighted by Crippen LogP contribution is 2.45. The van der Waals surface area contributed by atoms with Crippen LogP contribution in [0.5, 0.6) is 0 Å². The van der Waals surface area contributed by atoms with Gasteiger partial charge in [-0.1, -0.05) is 38.1 Å². The second-order valence-corrected chi connectivity index (χ2v) is 8.00. The Bertz CT molecular complexity index is 776. The van der Waals surface area contributed by atoms with E-state index in [4.69, 9.17) is 0 Å². The van der Waals surface area contributed by atoms with Gasteiger partial charge in [-0.05, 0) is 29.0 Å². The van der Waals surface area contributed by atoms with Gasteiger partial charge in [0, 0.05) is 17.0 Å². The maximum atomic E-state index is 12.9. The Morgan fingerprint density at radius 3 is 2.65 bits per heavy atom. The summed E-state index contributed by atoms with van der Waals surface area (Å²) < 4.78 is 0. The fraction of sp³-hybridized carbons (Fsp3) is 0.316. The molecule has 0 spiro atoms. The number of hydrogen-bond donors (Lipinski definition) is 2. The highest BCUT2D eigenvalue weighted by molar-refractivity contribution is 7.10. The van der Waals surface area contributed by atoms with Gasteiger partial charge in [0.2, 0.25) is 0 Å². The first-order valence-corrected chi connectivity index (χ1v) is 8.83. The first-order chi connectivity index (χ1) is 11.0. The zero-order chi connectivity index (χ0) is 16.0. The van der Waals surface area contributed by atoms with Gasteiger partial charge in [-0.15, -0.1) is 11.3 Å². The number of fused-ring (bicyclic) bond motifs is 2. The number of hydrogen-bond acceptors (Lipinski definition) is 4. The largest absolute Gasteiger partial charge is 0.375 e. The van der Waals surface area contributed by atoms with Crippen LogP contribution in [0.25, 0.3) is 0 Å². The van der Waals surface area contributed by atoms with Crippen LogP contribution in [0.15, 0.2) is 53.6 Å². The Kier molecular flexibility index (Phi) is 3.31. The monoisotopic (exact) mass is 324 g/mol. The van der Waals surface area contributed by atoms with Crippen molar-refractivity contribution in [1.82, 2.24) is 0 Å². The number of ketones is 1. The van der Waals surface area contributed by atoms with Gasteiger partial charge in [0.15, 0.2) is 0 Å². The molecule has 2 heterocycles. The number of Topliss-reactive ketones (excluding diaryl/α,β-unsaturated/α-hetero) is 1. The lowest BCUT2D eigenvalue weighted by molar-refractivity contribution is -0.124. The number of para-hydroxylation sites is 2. The van der Waals surface area contributed by atoms with E-state index in [0.717, 1.165) is 17.1 Å². The molecule has 2 N–H and O–H groups in total. The van der Waals surface area contributed by atoms with Crippen molar-refractivity contribution in [2.45, 2.75) is 26.3 Å². The molecule has 2 aliphatic rings. The summed E-state index contributed by atoms with van der Waals surface area (Å²) in [5, 5.41) is 9.20. The van der Waals surface area contributed by atoms with Crippen molar-refractivity contribution in [3.8, 4) is 0 Å². The normalized spacial score (nSPS) is 25.3. The number of nitrogens with one attached hydrogen (secondary N) is 2. The van der Waals surface area contributed by atoms with Crippen LogP contribution in [0.3, 0.4) is 0 Å². The van der Waals surface area contributed by atoms with Crippen LogP contribution >= 0.6 is 11.3 Å². The number of benzene rings is 1. The molecule has 0 radical (unpaired) electrons. The molecule has 1 aromatic carbocycles. The molecular weight excluding hydrogens is 304 g/mol. The second kappa shape index (κ2) is 5.24. The summed E-state index contributed by atoms with van der Waals surface area (Å²) in [6, 6.07) is 12.3. The van der Waals surface area contributed by atoms with Crippen LogP contribution in [-0.2, 0) is 4.79 Å². The lowest BCUT2D eigenvalue weighted by Crippen LogP contribution is -2.36. The van der Waals surface area contributed by atoms with Crippen molar-refractivity contribution in [2.24, 2.45) is 11.3 Å². The van der Waals surface area contributed by atoms with E-state index in [1.54, 1.807) is 11.3 Å². The minimum Gasteiger partial charge on any atom is -0.375 e. The van der Waals surface area contributed by atoms with Crippen LogP contribution in [0.2, 0.25) is 0 Å². The number of rotatable bonds is 1. The van der Waals surface area contributed by atoms with Crippen LogP contribution in [-0.4, -0.2) is 5.78 Å². The van der Waals surface area contributed by atoms with Gasteiger partial charge in [0.25, 0.3) is 0 Å². The minimum atomic E-state index is -0.158. The van der Waals surface area contributed by atoms with E-state index in [2.05, 4.69) is 54.1 Å². The third-order valence-electron chi connectivity index (χ3n) is 4.56. The number of anilines is 2. The summed E-state index contributed by atoms with van der Waals surface area (Å²) >= 11 is 1.70. The Morgan fingerprint density at radius 2 is 1.91 bits per heavy atom. The lowest BCUT2D eigenvalue weighted by atomic mass is 9.73. The molecule has 2 atom stereocenters. The van der Waals surface area contributed by atoms with E-state index >= 15 is 0 Å². The Morgan fingerprint density at radius 1 is 1.13 bits per heavy atom. The van der Waals surface area contributed by atoms with Crippen LogP contribution in [0.4, 0.5) is 11.4 Å². The molecule has 4 rings (SSSR count). The van der Waals surface area contributed by atoms with Crippen LogP contribution in [0.1, 0.15) is 31.2 Å². The van der Waals surface area contributed by atoms with E-state index in [9.17, 15) is 4.79 Å². The first kappa shape index (κ1) is 14.5. The fourth-order valence-electron chi connectivity index (χ4n) is 3.60. The van der Waals surface area contributed by atoms with Gasteiger partial charge in [-0.3, -0.25) is 4.79 Å². The smallest absolute Gasteiger partial charge is 0.145 e. The summed E-state index contributed by atoms with van der Waals surface area (Å²) in [6.45, 7) is 4.25. The van der Waals surface area contributed by atoms with Gasteiger partial charge in [-0.2, -0.15) is 0 Å². The molecule has 3 nitrogen and oxygen atoms in total. The summed E-state index contributed by atoms with van der Waals surface area (Å²) in [7, 11) is 0. The highest BCUT2D eigenvalue weighted by Gasteiger charge is 2.41. The van der Waals surface area contributed by atoms with Gasteiger partial charge in [0.05, 0.1) is 23.3 Å². The quantitative estimate of drug-likeness (QED) is 0.789. The number of carbonyl (C=O) groups excluding carboxylic acids is 1. The van der Waals surface area contributed by atoms with Crippen molar-refractivity contribution < 1.29 is 4.79 Å². The summed E-state index contributed by atoms with van der Waals surface area (Å²) in [6.07, 6.45) is 2.83. The maximum absolute atomic E-state index is 12.9. The summed E-state index contributed by atoms with van der Waals surface area (Å²) in [5.41, 5.74) is 3.01. The standard InChI is InChI=1S/C19H20N2OS/c1-19(2)10-14-17(15(22)11-19)18(16-8-5-9-23-16)21-13-7-4-3-6-12(13)20-14/h3-10,17-18,20-21H,11H2,1-2H3. The molecule has 0 amide bonds. The molecule has 1 aliphatic heterocycles. The van der Waals surface area contributed by atoms with Crippen molar-refractivity contribution in [1.29, 1.82) is 0 Å². The molecule has 0 saturated carbocycles. The molecular formula is C19H20N2OS. The molecule has 118 valence electrons.